The number of carbonyl (C=O) groups excluding carboxylic acids is 1. The summed E-state index contributed by atoms with van der Waals surface area (Å²) >= 11 is 1.42. The monoisotopic (exact) mass is 386 g/mol. The summed E-state index contributed by atoms with van der Waals surface area (Å²) in [6, 6.07) is 12.1. The zero-order valence-corrected chi connectivity index (χ0v) is 14.9. The predicted molar refractivity (Wildman–Crippen MR) is 97.9 cm³/mol. The molecule has 0 bridgehead atoms. The Morgan fingerprint density at radius 1 is 1.19 bits per heavy atom. The zero-order chi connectivity index (χ0) is 19.2. The van der Waals surface area contributed by atoms with Crippen molar-refractivity contribution < 1.29 is 18.8 Å². The molecule has 0 fully saturated rings. The number of ether oxygens (including phenoxy) is 1. The highest BCUT2D eigenvalue weighted by atomic mass is 32.1. The first-order valence-electron chi connectivity index (χ1n) is 8.06. The minimum atomic E-state index is -0.497. The van der Waals surface area contributed by atoms with E-state index in [0.29, 0.717) is 17.7 Å². The van der Waals surface area contributed by atoms with Crippen LogP contribution in [0.15, 0.2) is 53.9 Å². The molecule has 0 aliphatic rings. The number of thiazole rings is 1. The van der Waals surface area contributed by atoms with Gasteiger partial charge in [-0.05, 0) is 23.3 Å². The van der Waals surface area contributed by atoms with Gasteiger partial charge in [0.25, 0.3) is 5.69 Å². The number of nitrogens with zero attached hydrogens (tertiary/aromatic N) is 2. The average molecular weight is 386 g/mol. The molecule has 27 heavy (non-hydrogen) atoms. The van der Waals surface area contributed by atoms with E-state index in [0.717, 1.165) is 10.6 Å². The molecule has 0 amide bonds. The average Bonchev–Trinajstić information content (AvgIpc) is 3.09. The van der Waals surface area contributed by atoms with Gasteiger partial charge in [0.2, 0.25) is 0 Å². The van der Waals surface area contributed by atoms with Crippen molar-refractivity contribution in [2.45, 2.75) is 19.4 Å². The molecular formula is C19H15FN2O4S. The van der Waals surface area contributed by atoms with E-state index >= 15 is 0 Å². The highest BCUT2D eigenvalue weighted by Gasteiger charge is 2.11. The maximum absolute atomic E-state index is 12.9. The van der Waals surface area contributed by atoms with Crippen molar-refractivity contribution in [3.05, 3.63) is 91.7 Å². The molecule has 0 aliphatic heterocycles. The van der Waals surface area contributed by atoms with Gasteiger partial charge in [0.15, 0.2) is 0 Å². The molecular weight excluding hydrogens is 371 g/mol. The number of nitro benzene ring substituents is 1. The molecule has 3 rings (SSSR count). The van der Waals surface area contributed by atoms with Crippen molar-refractivity contribution in [1.29, 1.82) is 0 Å². The van der Waals surface area contributed by atoms with E-state index in [9.17, 15) is 19.3 Å². The number of benzene rings is 2. The fourth-order valence-electron chi connectivity index (χ4n) is 2.41. The number of carbonyl (C=O) groups is 1. The van der Waals surface area contributed by atoms with Gasteiger partial charge in [-0.1, -0.05) is 24.3 Å². The Bertz CT molecular complexity index is 956. The minimum Gasteiger partial charge on any atom is -0.461 e. The molecule has 0 N–H and O–H groups in total. The predicted octanol–water partition coefficient (Wildman–Crippen LogP) is 4.07. The Morgan fingerprint density at radius 2 is 1.96 bits per heavy atom. The Labute approximate surface area is 158 Å². The number of rotatable bonds is 7. The standard InChI is InChI=1S/C19H15FN2O4S/c20-15-6-4-13(5-7-15)9-18-21-16(12-27-18)10-19(23)26-11-14-2-1-3-17(8-14)22(24)25/h1-8,12H,9-11H2. The summed E-state index contributed by atoms with van der Waals surface area (Å²) in [5.74, 6) is -0.745. The lowest BCUT2D eigenvalue weighted by Crippen LogP contribution is -2.08. The Kier molecular flexibility index (Phi) is 5.87. The smallest absolute Gasteiger partial charge is 0.312 e. The molecule has 6 nitrogen and oxygen atoms in total. The number of nitro groups is 1. The fourth-order valence-corrected chi connectivity index (χ4v) is 3.24. The first-order chi connectivity index (χ1) is 13.0. The van der Waals surface area contributed by atoms with Gasteiger partial charge >= 0.3 is 5.97 Å². The normalized spacial score (nSPS) is 10.6. The SMILES string of the molecule is O=C(Cc1csc(Cc2ccc(F)cc2)n1)OCc1cccc([N+](=O)[O-])c1. The molecule has 8 heteroatoms. The van der Waals surface area contributed by atoms with Gasteiger partial charge in [-0.25, -0.2) is 9.37 Å². The van der Waals surface area contributed by atoms with Crippen molar-refractivity contribution in [1.82, 2.24) is 4.98 Å². The molecule has 2 aromatic carbocycles. The van der Waals surface area contributed by atoms with Gasteiger partial charge < -0.3 is 4.74 Å². The largest absolute Gasteiger partial charge is 0.461 e. The first-order valence-corrected chi connectivity index (χ1v) is 8.94. The lowest BCUT2D eigenvalue weighted by Gasteiger charge is -2.04. The molecule has 0 saturated carbocycles. The second-order valence-electron chi connectivity index (χ2n) is 5.80. The summed E-state index contributed by atoms with van der Waals surface area (Å²) in [6.07, 6.45) is 0.586. The van der Waals surface area contributed by atoms with Crippen molar-refractivity contribution in [3.8, 4) is 0 Å². The summed E-state index contributed by atoms with van der Waals surface area (Å²) < 4.78 is 18.1. The highest BCUT2D eigenvalue weighted by molar-refractivity contribution is 7.09. The van der Waals surface area contributed by atoms with Gasteiger partial charge in [-0.2, -0.15) is 0 Å². The van der Waals surface area contributed by atoms with E-state index in [4.69, 9.17) is 4.74 Å². The second kappa shape index (κ2) is 8.50. The van der Waals surface area contributed by atoms with Crippen LogP contribution in [0, 0.1) is 15.9 Å². The third-order valence-electron chi connectivity index (χ3n) is 3.71. The van der Waals surface area contributed by atoms with Gasteiger partial charge in [-0.15, -0.1) is 11.3 Å². The van der Waals surface area contributed by atoms with Crippen molar-refractivity contribution in [2.75, 3.05) is 0 Å². The van der Waals surface area contributed by atoms with Crippen LogP contribution in [0.5, 0.6) is 0 Å². The summed E-state index contributed by atoms with van der Waals surface area (Å²) in [7, 11) is 0. The molecule has 3 aromatic rings. The van der Waals surface area contributed by atoms with Crippen LogP contribution in [0.2, 0.25) is 0 Å². The van der Waals surface area contributed by atoms with E-state index in [1.807, 2.05) is 0 Å². The summed E-state index contributed by atoms with van der Waals surface area (Å²) in [4.78, 5) is 26.6. The quantitative estimate of drug-likeness (QED) is 0.347. The Morgan fingerprint density at radius 3 is 2.70 bits per heavy atom. The molecule has 1 aromatic heterocycles. The number of esters is 1. The van der Waals surface area contributed by atoms with E-state index in [1.165, 1.54) is 35.6 Å². The van der Waals surface area contributed by atoms with Crippen LogP contribution in [0.1, 0.15) is 21.8 Å². The van der Waals surface area contributed by atoms with Gasteiger partial charge in [0, 0.05) is 23.9 Å². The van der Waals surface area contributed by atoms with Crippen LogP contribution in [0.3, 0.4) is 0 Å². The maximum atomic E-state index is 12.9. The number of aromatic nitrogens is 1. The second-order valence-corrected chi connectivity index (χ2v) is 6.74. The molecule has 138 valence electrons. The molecule has 0 atom stereocenters. The van der Waals surface area contributed by atoms with E-state index in [2.05, 4.69) is 4.98 Å². The van der Waals surface area contributed by atoms with Crippen LogP contribution >= 0.6 is 11.3 Å². The van der Waals surface area contributed by atoms with Gasteiger partial charge in [-0.3, -0.25) is 14.9 Å². The topological polar surface area (TPSA) is 82.3 Å². The molecule has 0 unspecified atom stereocenters. The number of hydrogen-bond donors (Lipinski definition) is 0. The lowest BCUT2D eigenvalue weighted by molar-refractivity contribution is -0.384. The zero-order valence-electron chi connectivity index (χ0n) is 14.1. The number of non-ortho nitro benzene ring substituents is 1. The highest BCUT2D eigenvalue weighted by Crippen LogP contribution is 2.17. The van der Waals surface area contributed by atoms with Crippen LogP contribution in [-0.2, 0) is 29.0 Å². The van der Waals surface area contributed by atoms with Crippen LogP contribution in [-0.4, -0.2) is 15.9 Å². The third kappa shape index (κ3) is 5.42. The number of halogens is 1. The third-order valence-corrected chi connectivity index (χ3v) is 4.61. The van der Waals surface area contributed by atoms with Gasteiger partial charge in [0.1, 0.15) is 12.4 Å². The number of hydrogen-bond acceptors (Lipinski definition) is 6. The van der Waals surface area contributed by atoms with Crippen molar-refractivity contribution in [3.63, 3.8) is 0 Å². The fraction of sp³-hybridized carbons (Fsp3) is 0.158. The van der Waals surface area contributed by atoms with E-state index in [-0.39, 0.29) is 24.5 Å². The van der Waals surface area contributed by atoms with Gasteiger partial charge in [0.05, 0.1) is 22.0 Å². The van der Waals surface area contributed by atoms with Crippen molar-refractivity contribution in [2.24, 2.45) is 0 Å². The first kappa shape index (κ1) is 18.7. The summed E-state index contributed by atoms with van der Waals surface area (Å²) in [5.41, 5.74) is 2.04. The van der Waals surface area contributed by atoms with Crippen LogP contribution in [0.4, 0.5) is 10.1 Å². The molecule has 1 heterocycles. The lowest BCUT2D eigenvalue weighted by atomic mass is 10.1. The molecule has 0 radical (unpaired) electrons. The molecule has 0 saturated heterocycles. The van der Waals surface area contributed by atoms with Crippen molar-refractivity contribution >= 4 is 23.0 Å². The van der Waals surface area contributed by atoms with Crippen LogP contribution < -0.4 is 0 Å². The molecule has 0 aliphatic carbocycles. The molecule has 0 spiro atoms. The van der Waals surface area contributed by atoms with E-state index in [1.54, 1.807) is 29.6 Å². The Hall–Kier alpha value is -3.13. The summed E-state index contributed by atoms with van der Waals surface area (Å²) in [5, 5.41) is 13.4. The minimum absolute atomic E-state index is 0.0227. The summed E-state index contributed by atoms with van der Waals surface area (Å²) in [6.45, 7) is -0.0346. The van der Waals surface area contributed by atoms with Crippen LogP contribution in [0.25, 0.3) is 0 Å². The maximum Gasteiger partial charge on any atom is 0.312 e. The van der Waals surface area contributed by atoms with E-state index < -0.39 is 10.9 Å². The Balaban J connectivity index is 1.52.